The highest BCUT2D eigenvalue weighted by atomic mass is 16.5. The minimum Gasteiger partial charge on any atom is -0.368 e. The number of amides is 2. The topological polar surface area (TPSA) is 75.7 Å². The lowest BCUT2D eigenvalue weighted by Gasteiger charge is -2.31. The Morgan fingerprint density at radius 1 is 1.29 bits per heavy atom. The van der Waals surface area contributed by atoms with E-state index in [0.29, 0.717) is 13.0 Å². The van der Waals surface area contributed by atoms with Gasteiger partial charge in [0.2, 0.25) is 11.8 Å². The monoisotopic (exact) mass is 386 g/mol. The lowest BCUT2D eigenvalue weighted by atomic mass is 9.91. The van der Waals surface area contributed by atoms with Crippen LogP contribution in [-0.2, 0) is 25.5 Å². The Kier molecular flexibility index (Phi) is 6.50. The van der Waals surface area contributed by atoms with Crippen molar-refractivity contribution < 1.29 is 19.1 Å². The number of aryl methyl sites for hydroxylation is 1. The van der Waals surface area contributed by atoms with Crippen molar-refractivity contribution in [2.24, 2.45) is 11.8 Å². The number of Topliss-reactive ketones (excluding diaryl/α,β-unsaturated/α-hetero) is 1. The minimum absolute atomic E-state index is 0.0322. The molecule has 152 valence electrons. The number of ether oxygens (including phenoxy) is 1. The van der Waals surface area contributed by atoms with E-state index >= 15 is 0 Å². The van der Waals surface area contributed by atoms with Gasteiger partial charge in [-0.25, -0.2) is 0 Å². The molecule has 2 aliphatic rings. The average molecular weight is 386 g/mol. The first-order chi connectivity index (χ1) is 13.4. The number of hydrogen-bond donors (Lipinski definition) is 1. The van der Waals surface area contributed by atoms with Crippen LogP contribution in [-0.4, -0.2) is 42.9 Å². The Bertz CT molecular complexity index is 746. The molecule has 2 aliphatic heterocycles. The molecule has 3 rings (SSSR count). The summed E-state index contributed by atoms with van der Waals surface area (Å²) in [5.74, 6) is -0.564. The van der Waals surface area contributed by atoms with Crippen LogP contribution in [0.25, 0.3) is 0 Å². The number of carbonyl (C=O) groups excluding carboxylic acids is 3. The molecule has 0 saturated carbocycles. The number of carbonyl (C=O) groups is 3. The lowest BCUT2D eigenvalue weighted by molar-refractivity contribution is -0.132. The number of hydrogen-bond acceptors (Lipinski definition) is 4. The van der Waals surface area contributed by atoms with Gasteiger partial charge in [-0.3, -0.25) is 14.4 Å². The summed E-state index contributed by atoms with van der Waals surface area (Å²) in [6, 6.07) is 7.34. The second kappa shape index (κ2) is 8.86. The van der Waals surface area contributed by atoms with Crippen LogP contribution in [0.2, 0.25) is 0 Å². The molecule has 28 heavy (non-hydrogen) atoms. The first-order valence-corrected chi connectivity index (χ1v) is 10.2. The van der Waals surface area contributed by atoms with E-state index in [4.69, 9.17) is 4.74 Å². The number of nitrogens with one attached hydrogen (secondary N) is 1. The summed E-state index contributed by atoms with van der Waals surface area (Å²) in [6.45, 7) is 6.56. The number of ketones is 1. The molecule has 0 spiro atoms. The molecule has 0 unspecified atom stereocenters. The Balaban J connectivity index is 1.71. The molecule has 0 aromatic heterocycles. The summed E-state index contributed by atoms with van der Waals surface area (Å²) >= 11 is 0. The fourth-order valence-corrected chi connectivity index (χ4v) is 4.10. The van der Waals surface area contributed by atoms with Crippen LogP contribution in [0.15, 0.2) is 24.3 Å². The van der Waals surface area contributed by atoms with E-state index in [-0.39, 0.29) is 42.6 Å². The Hall–Kier alpha value is -2.21. The quantitative estimate of drug-likeness (QED) is 0.815. The molecule has 1 N–H and O–H groups in total. The van der Waals surface area contributed by atoms with Crippen molar-refractivity contribution in [3.63, 3.8) is 0 Å². The Labute approximate surface area is 166 Å². The van der Waals surface area contributed by atoms with Crippen LogP contribution < -0.4 is 10.2 Å². The van der Waals surface area contributed by atoms with Crippen molar-refractivity contribution >= 4 is 23.3 Å². The minimum atomic E-state index is -0.618. The van der Waals surface area contributed by atoms with Gasteiger partial charge in [0.05, 0.1) is 6.10 Å². The van der Waals surface area contributed by atoms with Gasteiger partial charge in [-0.2, -0.15) is 0 Å². The van der Waals surface area contributed by atoms with E-state index in [1.54, 1.807) is 6.92 Å². The Morgan fingerprint density at radius 2 is 2.04 bits per heavy atom. The van der Waals surface area contributed by atoms with Gasteiger partial charge in [0.1, 0.15) is 12.6 Å². The number of rotatable bonds is 6. The van der Waals surface area contributed by atoms with Gasteiger partial charge in [0, 0.05) is 24.6 Å². The van der Waals surface area contributed by atoms with Crippen molar-refractivity contribution in [3.05, 3.63) is 29.8 Å². The number of nitrogens with zero attached hydrogens (tertiary/aromatic N) is 1. The van der Waals surface area contributed by atoms with Gasteiger partial charge in [-0.15, -0.1) is 0 Å². The smallest absolute Gasteiger partial charge is 0.227 e. The molecule has 0 radical (unpaired) electrons. The molecule has 6 nitrogen and oxygen atoms in total. The van der Waals surface area contributed by atoms with Crippen LogP contribution in [0.1, 0.15) is 45.6 Å². The molecule has 1 saturated heterocycles. The molecule has 1 aromatic carbocycles. The highest BCUT2D eigenvalue weighted by molar-refractivity contribution is 5.98. The highest BCUT2D eigenvalue weighted by Gasteiger charge is 2.36. The van der Waals surface area contributed by atoms with Crippen LogP contribution in [0.4, 0.5) is 5.69 Å². The van der Waals surface area contributed by atoms with Gasteiger partial charge in [-0.1, -0.05) is 32.0 Å². The largest absolute Gasteiger partial charge is 0.368 e. The lowest BCUT2D eigenvalue weighted by Crippen LogP contribution is -2.47. The van der Waals surface area contributed by atoms with E-state index in [1.165, 1.54) is 5.56 Å². The summed E-state index contributed by atoms with van der Waals surface area (Å²) in [4.78, 5) is 39.7. The summed E-state index contributed by atoms with van der Waals surface area (Å²) in [5.41, 5.74) is 2.13. The van der Waals surface area contributed by atoms with Gasteiger partial charge in [0.15, 0.2) is 5.78 Å². The zero-order valence-electron chi connectivity index (χ0n) is 16.9. The van der Waals surface area contributed by atoms with E-state index in [2.05, 4.69) is 11.4 Å². The second-order valence-corrected chi connectivity index (χ2v) is 8.28. The Morgan fingerprint density at radius 3 is 2.71 bits per heavy atom. The molecule has 2 amide bonds. The van der Waals surface area contributed by atoms with Crippen molar-refractivity contribution in [3.8, 4) is 0 Å². The molecular weight excluding hydrogens is 356 g/mol. The summed E-state index contributed by atoms with van der Waals surface area (Å²) in [6.07, 6.45) is 2.31. The predicted octanol–water partition coefficient (Wildman–Crippen LogP) is 2.49. The van der Waals surface area contributed by atoms with Crippen molar-refractivity contribution in [2.45, 2.75) is 58.6 Å². The van der Waals surface area contributed by atoms with Crippen molar-refractivity contribution in [1.82, 2.24) is 5.32 Å². The average Bonchev–Trinajstić information content (AvgIpc) is 2.98. The predicted molar refractivity (Wildman–Crippen MR) is 107 cm³/mol. The summed E-state index contributed by atoms with van der Waals surface area (Å²) < 4.78 is 5.32. The summed E-state index contributed by atoms with van der Waals surface area (Å²) in [5, 5.41) is 2.83. The number of benzene rings is 1. The normalized spacial score (nSPS) is 22.9. The molecule has 1 aromatic rings. The van der Waals surface area contributed by atoms with E-state index in [0.717, 1.165) is 18.5 Å². The fourth-order valence-electron chi connectivity index (χ4n) is 4.10. The first-order valence-electron chi connectivity index (χ1n) is 10.2. The SMILES string of the molecule is CC(C)C[C@H](CC(=O)N1CCCc2ccccc21)C(=O)N[C@@H]1C(=O)CO[C@@H]1C. The second-order valence-electron chi connectivity index (χ2n) is 8.28. The number of anilines is 1. The van der Waals surface area contributed by atoms with Gasteiger partial charge in [0.25, 0.3) is 0 Å². The molecule has 3 atom stereocenters. The fraction of sp³-hybridized carbons (Fsp3) is 0.591. The maximum Gasteiger partial charge on any atom is 0.227 e. The van der Waals surface area contributed by atoms with Crippen LogP contribution >= 0.6 is 0 Å². The number of fused-ring (bicyclic) bond motifs is 1. The number of para-hydroxylation sites is 1. The van der Waals surface area contributed by atoms with E-state index < -0.39 is 12.0 Å². The summed E-state index contributed by atoms with van der Waals surface area (Å²) in [7, 11) is 0. The third-order valence-corrected chi connectivity index (χ3v) is 5.56. The third-order valence-electron chi connectivity index (χ3n) is 5.56. The maximum absolute atomic E-state index is 13.1. The van der Waals surface area contributed by atoms with Gasteiger partial charge >= 0.3 is 0 Å². The first kappa shape index (κ1) is 20.5. The van der Waals surface area contributed by atoms with Crippen molar-refractivity contribution in [2.75, 3.05) is 18.1 Å². The highest BCUT2D eigenvalue weighted by Crippen LogP contribution is 2.28. The zero-order valence-corrected chi connectivity index (χ0v) is 16.9. The standard InChI is InChI=1S/C22H30N2O4/c1-14(2)11-17(22(27)23-21-15(3)28-13-19(21)25)12-20(26)24-10-6-8-16-7-4-5-9-18(16)24/h4-5,7,9,14-15,17,21H,6,8,10-13H2,1-3H3,(H,23,27)/t15-,17-,21+/m1/s1. The van der Waals surface area contributed by atoms with Crippen LogP contribution in [0.3, 0.4) is 0 Å². The molecule has 6 heteroatoms. The van der Waals surface area contributed by atoms with Crippen LogP contribution in [0, 0.1) is 11.8 Å². The molecule has 0 aliphatic carbocycles. The van der Waals surface area contributed by atoms with E-state index in [1.807, 2.05) is 36.9 Å². The van der Waals surface area contributed by atoms with Gasteiger partial charge < -0.3 is 15.0 Å². The maximum atomic E-state index is 13.1. The van der Waals surface area contributed by atoms with Crippen LogP contribution in [0.5, 0.6) is 0 Å². The molecular formula is C22H30N2O4. The third kappa shape index (κ3) is 4.61. The van der Waals surface area contributed by atoms with Crippen molar-refractivity contribution in [1.29, 1.82) is 0 Å². The molecule has 2 heterocycles. The van der Waals surface area contributed by atoms with E-state index in [9.17, 15) is 14.4 Å². The molecule has 0 bridgehead atoms. The zero-order chi connectivity index (χ0) is 20.3. The van der Waals surface area contributed by atoms with Gasteiger partial charge in [-0.05, 0) is 43.7 Å². The molecule has 1 fully saturated rings.